The number of halogens is 8. The van der Waals surface area contributed by atoms with Gasteiger partial charge in [-0.2, -0.15) is 26.3 Å². The SMILES string of the molecule is O=C(NNc1cc(C(F)(F)F)cc(C(F)(F)F)c1)Nc1csc(Cc2c(Cl)cccc2Cl)n1. The number of hydrogen-bond acceptors (Lipinski definition) is 4. The van der Waals surface area contributed by atoms with E-state index in [1.807, 2.05) is 10.9 Å². The molecular formula is C19H12Cl2F6N4OS. The molecule has 0 bridgehead atoms. The summed E-state index contributed by atoms with van der Waals surface area (Å²) in [5.74, 6) is 0.109. The third-order valence-electron chi connectivity index (χ3n) is 4.09. The Morgan fingerprint density at radius 3 is 2.09 bits per heavy atom. The monoisotopic (exact) mass is 528 g/mol. The average Bonchev–Trinajstić information content (AvgIpc) is 3.14. The minimum absolute atomic E-state index is 0.0205. The first-order chi connectivity index (χ1) is 15.3. The lowest BCUT2D eigenvalue weighted by Crippen LogP contribution is -2.34. The number of thiazole rings is 1. The molecule has 3 N–H and O–H groups in total. The van der Waals surface area contributed by atoms with Crippen LogP contribution in [-0.2, 0) is 18.8 Å². The Morgan fingerprint density at radius 1 is 0.970 bits per heavy atom. The smallest absolute Gasteiger partial charge is 0.297 e. The molecule has 0 fully saturated rings. The fourth-order valence-electron chi connectivity index (χ4n) is 2.61. The number of carbonyl (C=O) groups excluding carboxylic acids is 1. The molecule has 14 heteroatoms. The van der Waals surface area contributed by atoms with Gasteiger partial charge in [-0.05, 0) is 35.9 Å². The number of amides is 2. The summed E-state index contributed by atoms with van der Waals surface area (Å²) in [6, 6.07) is 4.89. The van der Waals surface area contributed by atoms with E-state index in [2.05, 4.69) is 10.3 Å². The molecule has 0 aliphatic rings. The van der Waals surface area contributed by atoms with E-state index in [-0.39, 0.29) is 18.3 Å². The number of alkyl halides is 6. The van der Waals surface area contributed by atoms with Crippen LogP contribution in [0.3, 0.4) is 0 Å². The zero-order chi connectivity index (χ0) is 24.4. The lowest BCUT2D eigenvalue weighted by Gasteiger charge is -2.15. The van der Waals surface area contributed by atoms with Crippen molar-refractivity contribution in [3.05, 3.63) is 73.5 Å². The van der Waals surface area contributed by atoms with E-state index in [1.54, 1.807) is 18.2 Å². The van der Waals surface area contributed by atoms with Crippen LogP contribution >= 0.6 is 34.5 Å². The third kappa shape index (κ3) is 6.65. The standard InChI is InChI=1S/C19H12Cl2F6N4OS/c20-13-2-1-3-14(21)12(13)7-16-28-15(8-33-16)29-17(32)31-30-11-5-9(18(22,23)24)4-10(6-11)19(25,26)27/h1-6,8,30H,7H2,(H2,29,31,32). The molecule has 0 unspecified atom stereocenters. The number of benzene rings is 2. The van der Waals surface area contributed by atoms with Crippen molar-refractivity contribution in [3.63, 3.8) is 0 Å². The summed E-state index contributed by atoms with van der Waals surface area (Å²) in [5.41, 5.74) is 0.978. The summed E-state index contributed by atoms with van der Waals surface area (Å²) in [6.07, 6.45) is -9.74. The van der Waals surface area contributed by atoms with Crippen LogP contribution in [0.25, 0.3) is 0 Å². The number of anilines is 2. The largest absolute Gasteiger partial charge is 0.416 e. The molecule has 176 valence electrons. The van der Waals surface area contributed by atoms with Gasteiger partial charge in [0.15, 0.2) is 0 Å². The number of hydrogen-bond donors (Lipinski definition) is 3. The van der Waals surface area contributed by atoms with E-state index in [0.717, 1.165) is 0 Å². The summed E-state index contributed by atoms with van der Waals surface area (Å²) < 4.78 is 77.5. The van der Waals surface area contributed by atoms with E-state index >= 15 is 0 Å². The predicted molar refractivity (Wildman–Crippen MR) is 114 cm³/mol. The molecule has 2 amide bonds. The Morgan fingerprint density at radius 2 is 1.55 bits per heavy atom. The van der Waals surface area contributed by atoms with E-state index in [9.17, 15) is 31.1 Å². The predicted octanol–water partition coefficient (Wildman–Crippen LogP) is 7.23. The highest BCUT2D eigenvalue weighted by Gasteiger charge is 2.37. The van der Waals surface area contributed by atoms with Gasteiger partial charge in [0.1, 0.15) is 5.82 Å². The topological polar surface area (TPSA) is 66.1 Å². The van der Waals surface area contributed by atoms with Crippen molar-refractivity contribution in [2.75, 3.05) is 10.7 Å². The first kappa shape index (κ1) is 24.9. The summed E-state index contributed by atoms with van der Waals surface area (Å²) in [7, 11) is 0. The number of nitrogens with one attached hydrogen (secondary N) is 3. The van der Waals surface area contributed by atoms with E-state index in [4.69, 9.17) is 23.2 Å². The van der Waals surface area contributed by atoms with Crippen LogP contribution in [0.1, 0.15) is 21.7 Å². The van der Waals surface area contributed by atoms with Gasteiger partial charge < -0.3 is 0 Å². The van der Waals surface area contributed by atoms with Crippen LogP contribution in [0, 0.1) is 0 Å². The fraction of sp³-hybridized carbons (Fsp3) is 0.158. The molecule has 0 spiro atoms. The zero-order valence-electron chi connectivity index (χ0n) is 16.0. The van der Waals surface area contributed by atoms with Crippen LogP contribution in [0.15, 0.2) is 41.8 Å². The number of rotatable bonds is 5. The lowest BCUT2D eigenvalue weighted by molar-refractivity contribution is -0.143. The number of carbonyl (C=O) groups is 1. The number of hydrazine groups is 1. The van der Waals surface area contributed by atoms with Gasteiger partial charge in [-0.15, -0.1) is 11.3 Å². The number of aromatic nitrogens is 1. The number of urea groups is 1. The van der Waals surface area contributed by atoms with Crippen molar-refractivity contribution in [3.8, 4) is 0 Å². The van der Waals surface area contributed by atoms with Crippen molar-refractivity contribution in [2.45, 2.75) is 18.8 Å². The maximum absolute atomic E-state index is 12.9. The Kier molecular flexibility index (Phi) is 7.29. The molecule has 5 nitrogen and oxygen atoms in total. The van der Waals surface area contributed by atoms with Crippen molar-refractivity contribution >= 4 is 52.1 Å². The molecule has 1 aromatic heterocycles. The fourth-order valence-corrected chi connectivity index (χ4v) is 3.87. The van der Waals surface area contributed by atoms with Gasteiger partial charge >= 0.3 is 18.4 Å². The summed E-state index contributed by atoms with van der Waals surface area (Å²) in [6.45, 7) is 0. The van der Waals surface area contributed by atoms with Gasteiger partial charge in [0.2, 0.25) is 0 Å². The van der Waals surface area contributed by atoms with Gasteiger partial charge in [-0.3, -0.25) is 16.2 Å². The molecule has 0 saturated heterocycles. The second-order valence-corrected chi connectivity index (χ2v) is 8.26. The zero-order valence-corrected chi connectivity index (χ0v) is 18.4. The van der Waals surface area contributed by atoms with Crippen molar-refractivity contribution < 1.29 is 31.1 Å². The number of nitrogens with zero attached hydrogens (tertiary/aromatic N) is 1. The second kappa shape index (κ2) is 9.65. The van der Waals surface area contributed by atoms with E-state index < -0.39 is 35.2 Å². The maximum atomic E-state index is 12.9. The van der Waals surface area contributed by atoms with Crippen molar-refractivity contribution in [2.24, 2.45) is 0 Å². The molecule has 0 radical (unpaired) electrons. The first-order valence-electron chi connectivity index (χ1n) is 8.82. The first-order valence-corrected chi connectivity index (χ1v) is 10.5. The molecule has 1 heterocycles. The van der Waals surface area contributed by atoms with Crippen molar-refractivity contribution in [1.82, 2.24) is 10.4 Å². The molecule has 0 saturated carbocycles. The average molecular weight is 529 g/mol. The second-order valence-electron chi connectivity index (χ2n) is 6.50. The van der Waals surface area contributed by atoms with Gasteiger partial charge in [0.05, 0.1) is 21.8 Å². The van der Waals surface area contributed by atoms with E-state index in [0.29, 0.717) is 32.7 Å². The summed E-state index contributed by atoms with van der Waals surface area (Å²) in [4.78, 5) is 16.2. The third-order valence-corrected chi connectivity index (χ3v) is 5.65. The summed E-state index contributed by atoms with van der Waals surface area (Å²) >= 11 is 13.4. The van der Waals surface area contributed by atoms with Crippen LogP contribution in [0.4, 0.5) is 42.6 Å². The Labute approximate surface area is 196 Å². The molecular weight excluding hydrogens is 517 g/mol. The Balaban J connectivity index is 1.65. The highest BCUT2D eigenvalue weighted by atomic mass is 35.5. The molecule has 33 heavy (non-hydrogen) atoms. The van der Waals surface area contributed by atoms with Gasteiger partial charge in [0.25, 0.3) is 0 Å². The van der Waals surface area contributed by atoms with Crippen LogP contribution in [0.5, 0.6) is 0 Å². The minimum Gasteiger partial charge on any atom is -0.297 e. The normalized spacial score (nSPS) is 11.9. The van der Waals surface area contributed by atoms with Crippen molar-refractivity contribution in [1.29, 1.82) is 0 Å². The molecule has 0 aliphatic carbocycles. The molecule has 3 rings (SSSR count). The van der Waals surface area contributed by atoms with Crippen LogP contribution in [0.2, 0.25) is 10.0 Å². The van der Waals surface area contributed by atoms with E-state index in [1.165, 1.54) is 16.7 Å². The summed E-state index contributed by atoms with van der Waals surface area (Å²) in [5, 5.41) is 5.24. The van der Waals surface area contributed by atoms with Crippen LogP contribution in [-0.4, -0.2) is 11.0 Å². The minimum atomic E-state index is -5.01. The molecule has 2 aromatic carbocycles. The van der Waals surface area contributed by atoms with Crippen LogP contribution < -0.4 is 16.2 Å². The quantitative estimate of drug-likeness (QED) is 0.242. The van der Waals surface area contributed by atoms with Gasteiger partial charge in [-0.25, -0.2) is 9.78 Å². The lowest BCUT2D eigenvalue weighted by atomic mass is 10.1. The molecule has 0 atom stereocenters. The highest BCUT2D eigenvalue weighted by Crippen LogP contribution is 2.37. The molecule has 3 aromatic rings. The maximum Gasteiger partial charge on any atom is 0.416 e. The highest BCUT2D eigenvalue weighted by molar-refractivity contribution is 7.10. The Hall–Kier alpha value is -2.70. The molecule has 0 aliphatic heterocycles. The van der Waals surface area contributed by atoms with Gasteiger partial charge in [-0.1, -0.05) is 29.3 Å². The Bertz CT molecular complexity index is 1110. The van der Waals surface area contributed by atoms with Gasteiger partial charge in [0, 0.05) is 21.8 Å².